The van der Waals surface area contributed by atoms with Crippen LogP contribution in [0.5, 0.6) is 23.0 Å². The first kappa shape index (κ1) is 26.7. The number of nitrogens with zero attached hydrogens (tertiary/aromatic N) is 1. The second-order valence-corrected chi connectivity index (χ2v) is 9.13. The van der Waals surface area contributed by atoms with Gasteiger partial charge in [0.25, 0.3) is 5.91 Å². The number of fused-ring (bicyclic) bond motifs is 1. The summed E-state index contributed by atoms with van der Waals surface area (Å²) in [4.78, 5) is 37.9. The van der Waals surface area contributed by atoms with E-state index in [2.05, 4.69) is 10.5 Å². The zero-order valence-electron chi connectivity index (χ0n) is 20.4. The average Bonchev–Trinajstić information content (AvgIpc) is 3.43. The molecule has 0 saturated carbocycles. The van der Waals surface area contributed by atoms with Crippen molar-refractivity contribution in [2.75, 3.05) is 6.79 Å². The molecule has 0 aromatic heterocycles. The van der Waals surface area contributed by atoms with Gasteiger partial charge in [-0.2, -0.15) is 5.10 Å². The van der Waals surface area contributed by atoms with E-state index in [9.17, 15) is 14.4 Å². The highest BCUT2D eigenvalue weighted by Crippen LogP contribution is 2.32. The number of carbonyl (C=O) groups excluding carboxylic acids is 3. The SMILES string of the molecule is O=C(NN=Cc1ccc(OC(=O)c2ccc(Cl)cc2)cc1OC(=O)c1ccc(Cl)cc1)c1ccc2c(c1)OCO2. The maximum absolute atomic E-state index is 12.8. The van der Waals surface area contributed by atoms with Gasteiger partial charge in [0.15, 0.2) is 11.5 Å². The molecule has 0 aliphatic carbocycles. The molecular weight excluding hydrogens is 559 g/mol. The van der Waals surface area contributed by atoms with E-state index < -0.39 is 17.8 Å². The van der Waals surface area contributed by atoms with Crippen molar-refractivity contribution < 1.29 is 33.3 Å². The van der Waals surface area contributed by atoms with Crippen molar-refractivity contribution >= 4 is 47.3 Å². The number of halogens is 2. The van der Waals surface area contributed by atoms with Crippen LogP contribution in [0, 0.1) is 0 Å². The average molecular weight is 577 g/mol. The van der Waals surface area contributed by atoms with E-state index in [0.717, 1.165) is 0 Å². The van der Waals surface area contributed by atoms with Gasteiger partial charge >= 0.3 is 11.9 Å². The lowest BCUT2D eigenvalue weighted by atomic mass is 10.2. The van der Waals surface area contributed by atoms with Crippen LogP contribution in [0.1, 0.15) is 36.6 Å². The normalized spacial score (nSPS) is 11.8. The van der Waals surface area contributed by atoms with Crippen molar-refractivity contribution in [1.29, 1.82) is 0 Å². The molecule has 0 atom stereocenters. The van der Waals surface area contributed by atoms with Gasteiger partial charge in [0, 0.05) is 27.2 Å². The minimum atomic E-state index is -0.683. The minimum absolute atomic E-state index is 0.0300. The van der Waals surface area contributed by atoms with Gasteiger partial charge in [0.1, 0.15) is 11.5 Å². The number of hydrogen-bond donors (Lipinski definition) is 1. The summed E-state index contributed by atoms with van der Waals surface area (Å²) in [6.45, 7) is 0.0844. The Morgan fingerprint density at radius 2 is 1.32 bits per heavy atom. The molecule has 1 aliphatic heterocycles. The molecule has 4 aromatic carbocycles. The maximum atomic E-state index is 12.8. The molecule has 1 N–H and O–H groups in total. The summed E-state index contributed by atoms with van der Waals surface area (Å²) < 4.78 is 21.6. The summed E-state index contributed by atoms with van der Waals surface area (Å²) in [5.41, 5.74) is 3.56. The smallest absolute Gasteiger partial charge is 0.343 e. The van der Waals surface area contributed by atoms with E-state index in [-0.39, 0.29) is 29.4 Å². The molecule has 1 aliphatic rings. The summed E-state index contributed by atoms with van der Waals surface area (Å²) in [6, 6.07) is 21.4. The van der Waals surface area contributed by atoms with Crippen molar-refractivity contribution in [3.8, 4) is 23.0 Å². The summed E-state index contributed by atoms with van der Waals surface area (Å²) in [5, 5.41) is 4.92. The molecule has 1 amide bonds. The number of nitrogens with one attached hydrogen (secondary N) is 1. The van der Waals surface area contributed by atoms with Crippen LogP contribution in [0.4, 0.5) is 0 Å². The number of esters is 2. The lowest BCUT2D eigenvalue weighted by molar-refractivity contribution is 0.0732. The number of amides is 1. The van der Waals surface area contributed by atoms with E-state index in [1.54, 1.807) is 36.4 Å². The molecule has 0 fully saturated rings. The predicted molar refractivity (Wildman–Crippen MR) is 147 cm³/mol. The van der Waals surface area contributed by atoms with E-state index in [1.165, 1.54) is 54.7 Å². The van der Waals surface area contributed by atoms with Crippen molar-refractivity contribution in [3.05, 3.63) is 117 Å². The lowest BCUT2D eigenvalue weighted by Gasteiger charge is -2.11. The molecular formula is C29H18Cl2N2O7. The van der Waals surface area contributed by atoms with Crippen LogP contribution in [-0.4, -0.2) is 30.9 Å². The first-order chi connectivity index (χ1) is 19.4. The third-order valence-corrected chi connectivity index (χ3v) is 6.07. The molecule has 0 radical (unpaired) electrons. The van der Waals surface area contributed by atoms with E-state index in [1.807, 2.05) is 0 Å². The Kier molecular flexibility index (Phi) is 7.95. The Labute approximate surface area is 237 Å². The number of ether oxygens (including phenoxy) is 4. The molecule has 5 rings (SSSR count). The van der Waals surface area contributed by atoms with Gasteiger partial charge in [-0.1, -0.05) is 23.2 Å². The number of carbonyl (C=O) groups is 3. The van der Waals surface area contributed by atoms with Gasteiger partial charge in [0.2, 0.25) is 6.79 Å². The van der Waals surface area contributed by atoms with Gasteiger partial charge in [0.05, 0.1) is 17.3 Å². The van der Waals surface area contributed by atoms with Crippen LogP contribution >= 0.6 is 23.2 Å². The fraction of sp³-hybridized carbons (Fsp3) is 0.0345. The maximum Gasteiger partial charge on any atom is 0.343 e. The number of benzene rings is 4. The highest BCUT2D eigenvalue weighted by atomic mass is 35.5. The Morgan fingerprint density at radius 3 is 2.00 bits per heavy atom. The molecule has 11 heteroatoms. The summed E-state index contributed by atoms with van der Waals surface area (Å²) >= 11 is 11.8. The minimum Gasteiger partial charge on any atom is -0.454 e. The zero-order chi connectivity index (χ0) is 28.1. The molecule has 9 nitrogen and oxygen atoms in total. The molecule has 0 bridgehead atoms. The lowest BCUT2D eigenvalue weighted by Crippen LogP contribution is -2.17. The Balaban J connectivity index is 1.35. The van der Waals surface area contributed by atoms with E-state index in [4.69, 9.17) is 42.1 Å². The van der Waals surface area contributed by atoms with Gasteiger partial charge in [-0.25, -0.2) is 15.0 Å². The van der Waals surface area contributed by atoms with Crippen molar-refractivity contribution in [2.45, 2.75) is 0 Å². The Bertz CT molecular complexity index is 1620. The van der Waals surface area contributed by atoms with Crippen LogP contribution in [0.15, 0.2) is 90.0 Å². The molecule has 0 unspecified atom stereocenters. The summed E-state index contributed by atoms with van der Waals surface area (Å²) in [7, 11) is 0. The van der Waals surface area contributed by atoms with Crippen LogP contribution < -0.4 is 24.4 Å². The van der Waals surface area contributed by atoms with E-state index >= 15 is 0 Å². The standard InChI is InChI=1S/C29H18Cl2N2O7/c30-21-7-1-17(2-8-21)28(35)39-23-11-5-20(25(14-23)40-29(36)18-3-9-22(31)10-4-18)15-32-33-27(34)19-6-12-24-26(13-19)38-16-37-24/h1-15H,16H2,(H,33,34). The number of rotatable bonds is 7. The largest absolute Gasteiger partial charge is 0.454 e. The Hall–Kier alpha value is -4.86. The second kappa shape index (κ2) is 11.9. The summed E-state index contributed by atoms with van der Waals surface area (Å²) in [6.07, 6.45) is 1.29. The number of hydrazone groups is 1. The zero-order valence-corrected chi connectivity index (χ0v) is 21.9. The predicted octanol–water partition coefficient (Wildman–Crippen LogP) is 5.92. The van der Waals surface area contributed by atoms with Crippen molar-refractivity contribution in [3.63, 3.8) is 0 Å². The van der Waals surface area contributed by atoms with Crippen LogP contribution in [0.2, 0.25) is 10.0 Å². The van der Waals surface area contributed by atoms with Crippen LogP contribution in [0.3, 0.4) is 0 Å². The third-order valence-electron chi connectivity index (χ3n) is 5.56. The molecule has 200 valence electrons. The molecule has 0 spiro atoms. The van der Waals surface area contributed by atoms with Crippen LogP contribution in [0.25, 0.3) is 0 Å². The fourth-order valence-corrected chi connectivity index (χ4v) is 3.78. The first-order valence-corrected chi connectivity index (χ1v) is 12.4. The second-order valence-electron chi connectivity index (χ2n) is 8.26. The van der Waals surface area contributed by atoms with Gasteiger partial charge in [-0.05, 0) is 78.9 Å². The van der Waals surface area contributed by atoms with Crippen LogP contribution in [-0.2, 0) is 0 Å². The van der Waals surface area contributed by atoms with Crippen molar-refractivity contribution in [2.24, 2.45) is 5.10 Å². The Morgan fingerprint density at radius 1 is 0.725 bits per heavy atom. The highest BCUT2D eigenvalue weighted by Gasteiger charge is 2.17. The van der Waals surface area contributed by atoms with Gasteiger partial charge < -0.3 is 18.9 Å². The molecule has 1 heterocycles. The molecule has 0 saturated heterocycles. The molecule has 4 aromatic rings. The van der Waals surface area contributed by atoms with Gasteiger partial charge in [-0.15, -0.1) is 0 Å². The van der Waals surface area contributed by atoms with Gasteiger partial charge in [-0.3, -0.25) is 4.79 Å². The third kappa shape index (κ3) is 6.40. The first-order valence-electron chi connectivity index (χ1n) is 11.7. The summed E-state index contributed by atoms with van der Waals surface area (Å²) in [5.74, 6) is -0.674. The fourth-order valence-electron chi connectivity index (χ4n) is 3.53. The molecule has 40 heavy (non-hydrogen) atoms. The monoisotopic (exact) mass is 576 g/mol. The highest BCUT2D eigenvalue weighted by molar-refractivity contribution is 6.31. The quantitative estimate of drug-likeness (QED) is 0.126. The topological polar surface area (TPSA) is 113 Å². The van der Waals surface area contributed by atoms with Crippen molar-refractivity contribution in [1.82, 2.24) is 5.43 Å². The van der Waals surface area contributed by atoms with E-state index in [0.29, 0.717) is 32.7 Å². The number of hydrogen-bond acceptors (Lipinski definition) is 8.